The maximum Gasteiger partial charge on any atom is 0.310 e. The molecule has 106 valence electrons. The second-order valence-electron chi connectivity index (χ2n) is 4.95. The Balaban J connectivity index is 2.08. The lowest BCUT2D eigenvalue weighted by molar-refractivity contribution is -0.331. The standard InChI is InChI=1S/C10H16N4O5/c11-13-12-2-1-3-14-5-4-10(14,19)8(16)7(15)6(5)9(17)18/h5-8,15-16,19H,1-4H2,(H,17,18)/t5-,6-,7+,8-,10?/m0/s1. The van der Waals surface area contributed by atoms with Gasteiger partial charge in [-0.1, -0.05) is 5.11 Å². The van der Waals surface area contributed by atoms with Gasteiger partial charge in [0.25, 0.3) is 0 Å². The average Bonchev–Trinajstić information content (AvgIpc) is 2.34. The Morgan fingerprint density at radius 3 is 2.79 bits per heavy atom. The molecule has 19 heavy (non-hydrogen) atoms. The molecule has 1 unspecified atom stereocenters. The second-order valence-corrected chi connectivity index (χ2v) is 4.95. The summed E-state index contributed by atoms with van der Waals surface area (Å²) < 4.78 is 0. The van der Waals surface area contributed by atoms with Gasteiger partial charge in [-0.3, -0.25) is 9.69 Å². The summed E-state index contributed by atoms with van der Waals surface area (Å²) in [5.41, 5.74) is 6.57. The molecule has 0 spiro atoms. The van der Waals surface area contributed by atoms with Crippen LogP contribution in [0, 0.1) is 5.92 Å². The minimum atomic E-state index is -1.58. The van der Waals surface area contributed by atoms with Crippen molar-refractivity contribution >= 4 is 5.97 Å². The molecule has 0 aromatic rings. The van der Waals surface area contributed by atoms with Crippen LogP contribution in [0.2, 0.25) is 0 Å². The number of carbonyl (C=O) groups is 1. The Bertz CT molecular complexity index is 426. The average molecular weight is 272 g/mol. The van der Waals surface area contributed by atoms with Crippen LogP contribution in [0.3, 0.4) is 0 Å². The van der Waals surface area contributed by atoms with E-state index in [4.69, 9.17) is 10.6 Å². The van der Waals surface area contributed by atoms with Crippen LogP contribution >= 0.6 is 0 Å². The maximum atomic E-state index is 11.1. The number of carboxylic acid groups (broad SMARTS) is 1. The van der Waals surface area contributed by atoms with Crippen molar-refractivity contribution in [3.63, 3.8) is 0 Å². The van der Waals surface area contributed by atoms with E-state index in [0.29, 0.717) is 13.0 Å². The zero-order chi connectivity index (χ0) is 14.2. The van der Waals surface area contributed by atoms with Gasteiger partial charge in [0.2, 0.25) is 0 Å². The number of piperidine rings is 1. The predicted octanol–water partition coefficient (Wildman–Crippen LogP) is -1.11. The highest BCUT2D eigenvalue weighted by molar-refractivity contribution is 5.72. The molecule has 3 rings (SSSR count). The molecule has 4 N–H and O–H groups in total. The van der Waals surface area contributed by atoms with Crippen LogP contribution in [0.15, 0.2) is 5.11 Å². The van der Waals surface area contributed by atoms with Gasteiger partial charge in [0.1, 0.15) is 17.7 Å². The van der Waals surface area contributed by atoms with Gasteiger partial charge in [0.05, 0.1) is 6.10 Å². The van der Waals surface area contributed by atoms with E-state index in [1.54, 1.807) is 0 Å². The Morgan fingerprint density at radius 1 is 1.53 bits per heavy atom. The Kier molecular flexibility index (Phi) is 3.66. The van der Waals surface area contributed by atoms with Crippen LogP contribution in [0.25, 0.3) is 10.4 Å². The third kappa shape index (κ3) is 2.05. The Labute approximate surface area is 108 Å². The first kappa shape index (κ1) is 14.0. The van der Waals surface area contributed by atoms with E-state index in [0.717, 1.165) is 0 Å². The van der Waals surface area contributed by atoms with Gasteiger partial charge < -0.3 is 20.4 Å². The number of nitrogens with zero attached hydrogens (tertiary/aromatic N) is 4. The third-order valence-corrected chi connectivity index (χ3v) is 3.99. The van der Waals surface area contributed by atoms with Crippen LogP contribution in [0.1, 0.15) is 12.8 Å². The fourth-order valence-electron chi connectivity index (χ4n) is 3.05. The summed E-state index contributed by atoms with van der Waals surface area (Å²) >= 11 is 0. The lowest BCUT2D eigenvalue weighted by Gasteiger charge is -2.64. The monoisotopic (exact) mass is 272 g/mol. The van der Waals surface area contributed by atoms with Crippen molar-refractivity contribution in [1.29, 1.82) is 0 Å². The van der Waals surface area contributed by atoms with Gasteiger partial charge in [0.15, 0.2) is 0 Å². The largest absolute Gasteiger partial charge is 0.481 e. The van der Waals surface area contributed by atoms with Crippen molar-refractivity contribution in [2.45, 2.75) is 36.8 Å². The molecule has 0 radical (unpaired) electrons. The summed E-state index contributed by atoms with van der Waals surface area (Å²) in [4.78, 5) is 15.2. The molecule has 1 aliphatic carbocycles. The van der Waals surface area contributed by atoms with Crippen molar-refractivity contribution in [1.82, 2.24) is 4.90 Å². The summed E-state index contributed by atoms with van der Waals surface area (Å²) in [7, 11) is 0. The summed E-state index contributed by atoms with van der Waals surface area (Å²) in [6.07, 6.45) is -2.44. The molecule has 3 aliphatic rings. The van der Waals surface area contributed by atoms with Crippen LogP contribution < -0.4 is 0 Å². The molecule has 0 aromatic heterocycles. The summed E-state index contributed by atoms with van der Waals surface area (Å²) in [6, 6.07) is -0.507. The number of hydrogen-bond donors (Lipinski definition) is 4. The minimum absolute atomic E-state index is 0.115. The van der Waals surface area contributed by atoms with E-state index in [1.807, 2.05) is 0 Å². The van der Waals surface area contributed by atoms with Gasteiger partial charge in [-0.05, 0) is 12.0 Å². The SMILES string of the molecule is [N-]=[N+]=NCCCN1[C@H]2CC1(O)[C@@H](O)[C@H](O)[C@H]2C(=O)O. The van der Waals surface area contributed by atoms with Gasteiger partial charge in [0, 0.05) is 30.5 Å². The number of aliphatic hydroxyl groups is 3. The summed E-state index contributed by atoms with van der Waals surface area (Å²) in [5, 5.41) is 42.2. The topological polar surface area (TPSA) is 150 Å². The van der Waals surface area contributed by atoms with Gasteiger partial charge in [-0.15, -0.1) is 0 Å². The van der Waals surface area contributed by atoms with E-state index in [-0.39, 0.29) is 13.0 Å². The highest BCUT2D eigenvalue weighted by Gasteiger charge is 2.67. The van der Waals surface area contributed by atoms with Crippen LogP contribution in [0.4, 0.5) is 0 Å². The molecule has 2 aliphatic heterocycles. The molecule has 9 heteroatoms. The molecule has 9 nitrogen and oxygen atoms in total. The molecule has 2 heterocycles. The van der Waals surface area contributed by atoms with Crippen LogP contribution in [-0.4, -0.2) is 68.4 Å². The first-order valence-electron chi connectivity index (χ1n) is 6.02. The summed E-state index contributed by atoms with van der Waals surface area (Å²) in [6.45, 7) is 0.528. The zero-order valence-electron chi connectivity index (χ0n) is 10.1. The lowest BCUT2D eigenvalue weighted by atomic mass is 9.66. The molecular weight excluding hydrogens is 256 g/mol. The van der Waals surface area contributed by atoms with Gasteiger partial charge >= 0.3 is 5.97 Å². The molecule has 5 atom stereocenters. The van der Waals surface area contributed by atoms with Crippen LogP contribution in [-0.2, 0) is 4.79 Å². The third-order valence-electron chi connectivity index (χ3n) is 3.99. The molecule has 0 aromatic carbocycles. The maximum absolute atomic E-state index is 11.1. The predicted molar refractivity (Wildman–Crippen MR) is 61.8 cm³/mol. The number of azide groups is 1. The van der Waals surface area contributed by atoms with Crippen molar-refractivity contribution in [2.24, 2.45) is 11.0 Å². The number of rotatable bonds is 5. The summed E-state index contributed by atoms with van der Waals surface area (Å²) in [5.74, 6) is -2.32. The second kappa shape index (κ2) is 4.95. The number of fused-ring (bicyclic) bond motifs is 2. The molecule has 1 saturated carbocycles. The van der Waals surface area contributed by atoms with Crippen molar-refractivity contribution < 1.29 is 25.2 Å². The minimum Gasteiger partial charge on any atom is -0.481 e. The van der Waals surface area contributed by atoms with Crippen molar-refractivity contribution in [3.8, 4) is 0 Å². The molecule has 2 saturated heterocycles. The highest BCUT2D eigenvalue weighted by Crippen LogP contribution is 2.48. The lowest BCUT2D eigenvalue weighted by Crippen LogP contribution is -2.81. The van der Waals surface area contributed by atoms with Crippen molar-refractivity contribution in [2.75, 3.05) is 13.1 Å². The van der Waals surface area contributed by atoms with Crippen molar-refractivity contribution in [3.05, 3.63) is 10.4 Å². The molecule has 0 amide bonds. The number of hydrogen-bond acceptors (Lipinski definition) is 6. The van der Waals surface area contributed by atoms with Crippen LogP contribution in [0.5, 0.6) is 0 Å². The smallest absolute Gasteiger partial charge is 0.310 e. The van der Waals surface area contributed by atoms with Gasteiger partial charge in [-0.25, -0.2) is 0 Å². The fourth-order valence-corrected chi connectivity index (χ4v) is 3.05. The molecular formula is C10H16N4O5. The fraction of sp³-hybridized carbons (Fsp3) is 0.900. The van der Waals surface area contributed by atoms with Gasteiger partial charge in [-0.2, -0.15) is 0 Å². The number of aliphatic carboxylic acids is 1. The first-order chi connectivity index (χ1) is 8.93. The van der Waals surface area contributed by atoms with E-state index in [9.17, 15) is 20.1 Å². The molecule has 3 fully saturated rings. The quantitative estimate of drug-likeness (QED) is 0.215. The Hall–Kier alpha value is -1.38. The van der Waals surface area contributed by atoms with E-state index in [1.165, 1.54) is 4.90 Å². The highest BCUT2D eigenvalue weighted by atomic mass is 16.4. The van der Waals surface area contributed by atoms with E-state index in [2.05, 4.69) is 10.0 Å². The first-order valence-corrected chi connectivity index (χ1v) is 6.02. The Morgan fingerprint density at radius 2 is 2.21 bits per heavy atom. The number of aliphatic hydroxyl groups excluding tert-OH is 2. The zero-order valence-corrected chi connectivity index (χ0v) is 10.1. The normalized spacial score (nSPS) is 41.2. The van der Waals surface area contributed by atoms with E-state index >= 15 is 0 Å². The molecule has 2 bridgehead atoms. The van der Waals surface area contributed by atoms with E-state index < -0.39 is 35.9 Å². The number of carboxylic acids is 1.